The lowest BCUT2D eigenvalue weighted by atomic mass is 10.0. The average molecular weight is 1040 g/mol. The molecule has 0 aromatic heterocycles. The Labute approximate surface area is 462 Å². The van der Waals surface area contributed by atoms with Crippen LogP contribution in [0.3, 0.4) is 0 Å². The molecule has 6 nitrogen and oxygen atoms in total. The van der Waals surface area contributed by atoms with E-state index in [1.807, 2.05) is 0 Å². The van der Waals surface area contributed by atoms with Crippen LogP contribution in [0.4, 0.5) is 0 Å². The normalized spacial score (nSPS) is 12.0. The van der Waals surface area contributed by atoms with Gasteiger partial charge in [-0.3, -0.25) is 14.4 Å². The van der Waals surface area contributed by atoms with Crippen molar-refractivity contribution in [3.05, 3.63) is 12.2 Å². The zero-order chi connectivity index (χ0) is 53.6. The number of hydrogen-bond donors (Lipinski definition) is 0. The van der Waals surface area contributed by atoms with Crippen molar-refractivity contribution in [2.24, 2.45) is 0 Å². The maximum Gasteiger partial charge on any atom is 0.306 e. The molecule has 0 aliphatic rings. The van der Waals surface area contributed by atoms with E-state index in [1.165, 1.54) is 283 Å². The van der Waals surface area contributed by atoms with Crippen molar-refractivity contribution in [2.75, 3.05) is 13.2 Å². The Kier molecular flexibility index (Phi) is 62.1. The van der Waals surface area contributed by atoms with Gasteiger partial charge in [0.25, 0.3) is 0 Å². The van der Waals surface area contributed by atoms with Gasteiger partial charge in [0.15, 0.2) is 6.10 Å². The molecule has 0 aliphatic heterocycles. The van der Waals surface area contributed by atoms with E-state index in [0.717, 1.165) is 64.2 Å². The Morgan fingerprint density at radius 2 is 0.446 bits per heavy atom. The fraction of sp³-hybridized carbons (Fsp3) is 0.926. The smallest absolute Gasteiger partial charge is 0.306 e. The van der Waals surface area contributed by atoms with Crippen molar-refractivity contribution in [3.63, 3.8) is 0 Å². The van der Waals surface area contributed by atoms with Crippen LogP contribution in [-0.4, -0.2) is 37.2 Å². The number of unbranched alkanes of at least 4 members (excludes halogenated alkanes) is 50. The van der Waals surface area contributed by atoms with Crippen molar-refractivity contribution < 1.29 is 28.6 Å². The Morgan fingerprint density at radius 1 is 0.257 bits per heavy atom. The van der Waals surface area contributed by atoms with Gasteiger partial charge < -0.3 is 14.2 Å². The second kappa shape index (κ2) is 63.7. The topological polar surface area (TPSA) is 78.9 Å². The number of allylic oxidation sites excluding steroid dienone is 2. The summed E-state index contributed by atoms with van der Waals surface area (Å²) in [6, 6.07) is 0. The summed E-state index contributed by atoms with van der Waals surface area (Å²) in [5, 5.41) is 0. The molecule has 0 aliphatic carbocycles. The van der Waals surface area contributed by atoms with Crippen molar-refractivity contribution in [2.45, 2.75) is 393 Å². The highest BCUT2D eigenvalue weighted by molar-refractivity contribution is 5.71. The van der Waals surface area contributed by atoms with E-state index < -0.39 is 6.10 Å². The van der Waals surface area contributed by atoms with E-state index in [-0.39, 0.29) is 31.1 Å². The lowest BCUT2D eigenvalue weighted by Gasteiger charge is -2.18. The third kappa shape index (κ3) is 61.0. The van der Waals surface area contributed by atoms with Crippen LogP contribution in [0.5, 0.6) is 0 Å². The number of carbonyl (C=O) groups excluding carboxylic acids is 3. The third-order valence-electron chi connectivity index (χ3n) is 15.5. The van der Waals surface area contributed by atoms with Crippen LogP contribution < -0.4 is 0 Å². The standard InChI is InChI=1S/C68H130O6/c1-4-7-10-13-16-19-22-25-28-29-30-31-32-33-34-35-36-37-38-39-41-43-46-49-52-55-58-61-67(70)73-64-65(63-72-66(69)60-57-54-51-48-45-42-27-24-21-18-15-12-9-6-3)74-68(71)62-59-56-53-50-47-44-40-26-23-20-17-14-11-8-5-2/h26,40,65H,4-25,27-39,41-64H2,1-3H3/b40-26-. The lowest BCUT2D eigenvalue weighted by Crippen LogP contribution is -2.30. The van der Waals surface area contributed by atoms with Gasteiger partial charge in [-0.25, -0.2) is 0 Å². The lowest BCUT2D eigenvalue weighted by molar-refractivity contribution is -0.167. The number of hydrogen-bond acceptors (Lipinski definition) is 6. The van der Waals surface area contributed by atoms with Crippen molar-refractivity contribution in [1.82, 2.24) is 0 Å². The molecule has 0 aromatic carbocycles. The predicted octanol–water partition coefficient (Wildman–Crippen LogP) is 22.8. The van der Waals surface area contributed by atoms with Crippen LogP contribution >= 0.6 is 0 Å². The second-order valence-corrected chi connectivity index (χ2v) is 23.1. The Balaban J connectivity index is 4.17. The van der Waals surface area contributed by atoms with E-state index >= 15 is 0 Å². The van der Waals surface area contributed by atoms with Gasteiger partial charge in [0, 0.05) is 19.3 Å². The molecule has 0 heterocycles. The van der Waals surface area contributed by atoms with Crippen molar-refractivity contribution in [3.8, 4) is 0 Å². The van der Waals surface area contributed by atoms with Gasteiger partial charge in [0.1, 0.15) is 13.2 Å². The van der Waals surface area contributed by atoms with E-state index in [0.29, 0.717) is 19.3 Å². The molecule has 74 heavy (non-hydrogen) atoms. The van der Waals surface area contributed by atoms with Crippen LogP contribution in [0.15, 0.2) is 12.2 Å². The maximum atomic E-state index is 12.9. The molecule has 0 radical (unpaired) electrons. The fourth-order valence-electron chi connectivity index (χ4n) is 10.4. The molecule has 1 unspecified atom stereocenters. The fourth-order valence-corrected chi connectivity index (χ4v) is 10.4. The average Bonchev–Trinajstić information content (AvgIpc) is 3.40. The summed E-state index contributed by atoms with van der Waals surface area (Å²) in [5.74, 6) is -0.844. The molecule has 0 spiro atoms. The molecule has 0 fully saturated rings. The van der Waals surface area contributed by atoms with E-state index in [1.54, 1.807) is 0 Å². The molecule has 0 aromatic rings. The minimum absolute atomic E-state index is 0.0669. The molecule has 0 amide bonds. The first-order valence-electron chi connectivity index (χ1n) is 33.7. The summed E-state index contributed by atoms with van der Waals surface area (Å²) in [5.41, 5.74) is 0. The van der Waals surface area contributed by atoms with Gasteiger partial charge in [0.05, 0.1) is 0 Å². The number of esters is 3. The minimum Gasteiger partial charge on any atom is -0.462 e. The third-order valence-corrected chi connectivity index (χ3v) is 15.5. The minimum atomic E-state index is -0.770. The molecule has 0 bridgehead atoms. The summed E-state index contributed by atoms with van der Waals surface area (Å²) < 4.78 is 16.9. The first-order chi connectivity index (χ1) is 36.5. The van der Waals surface area contributed by atoms with Crippen LogP contribution in [-0.2, 0) is 28.6 Å². The number of ether oxygens (including phenoxy) is 3. The first-order valence-corrected chi connectivity index (χ1v) is 33.7. The summed E-state index contributed by atoms with van der Waals surface area (Å²) in [4.78, 5) is 38.3. The molecular formula is C68H130O6. The predicted molar refractivity (Wildman–Crippen MR) is 321 cm³/mol. The highest BCUT2D eigenvalue weighted by Crippen LogP contribution is 2.19. The molecule has 0 saturated carbocycles. The van der Waals surface area contributed by atoms with Crippen molar-refractivity contribution in [1.29, 1.82) is 0 Å². The molecule has 438 valence electrons. The maximum absolute atomic E-state index is 12.9. The van der Waals surface area contributed by atoms with Crippen LogP contribution in [0, 0.1) is 0 Å². The Bertz CT molecular complexity index is 1150. The Morgan fingerprint density at radius 3 is 0.676 bits per heavy atom. The van der Waals surface area contributed by atoms with Crippen LogP contribution in [0.1, 0.15) is 387 Å². The van der Waals surface area contributed by atoms with Crippen LogP contribution in [0.25, 0.3) is 0 Å². The number of rotatable bonds is 63. The highest BCUT2D eigenvalue weighted by atomic mass is 16.6. The van der Waals surface area contributed by atoms with Crippen LogP contribution in [0.2, 0.25) is 0 Å². The summed E-state index contributed by atoms with van der Waals surface area (Å²) >= 11 is 0. The second-order valence-electron chi connectivity index (χ2n) is 23.1. The summed E-state index contributed by atoms with van der Waals surface area (Å²) in [6.45, 7) is 6.71. The zero-order valence-electron chi connectivity index (χ0n) is 50.4. The largest absolute Gasteiger partial charge is 0.462 e. The molecule has 6 heteroatoms. The van der Waals surface area contributed by atoms with Gasteiger partial charge in [-0.05, 0) is 44.9 Å². The summed E-state index contributed by atoms with van der Waals surface area (Å²) in [7, 11) is 0. The quantitative estimate of drug-likeness (QED) is 0.0261. The highest BCUT2D eigenvalue weighted by Gasteiger charge is 2.19. The Hall–Kier alpha value is -1.85. The van der Waals surface area contributed by atoms with Gasteiger partial charge in [-0.1, -0.05) is 335 Å². The first kappa shape index (κ1) is 72.2. The number of carbonyl (C=O) groups is 3. The van der Waals surface area contributed by atoms with Crippen molar-refractivity contribution >= 4 is 17.9 Å². The van der Waals surface area contributed by atoms with E-state index in [2.05, 4.69) is 32.9 Å². The molecule has 0 N–H and O–H groups in total. The van der Waals surface area contributed by atoms with Gasteiger partial charge in [-0.2, -0.15) is 0 Å². The SMILES string of the molecule is CCCCCCCC/C=C\CCCCCCCC(=O)OC(COC(=O)CCCCCCCCCCCCCCCC)COC(=O)CCCCCCCCCCCCCCCCCCCCCCCCCCCCC. The van der Waals surface area contributed by atoms with Gasteiger partial charge >= 0.3 is 17.9 Å². The monoisotopic (exact) mass is 1040 g/mol. The molecule has 0 saturated heterocycles. The van der Waals surface area contributed by atoms with E-state index in [9.17, 15) is 14.4 Å². The summed E-state index contributed by atoms with van der Waals surface area (Å²) in [6.07, 6.45) is 75.2. The van der Waals surface area contributed by atoms with Gasteiger partial charge in [-0.15, -0.1) is 0 Å². The molecule has 1 atom stereocenters. The molecular weight excluding hydrogens is 913 g/mol. The van der Waals surface area contributed by atoms with E-state index in [4.69, 9.17) is 14.2 Å². The zero-order valence-corrected chi connectivity index (χ0v) is 50.4. The molecule has 0 rings (SSSR count). The van der Waals surface area contributed by atoms with Gasteiger partial charge in [0.2, 0.25) is 0 Å².